The molecule has 4 aromatic rings. The van der Waals surface area contributed by atoms with Gasteiger partial charge in [-0.2, -0.15) is 0 Å². The van der Waals surface area contributed by atoms with Crippen LogP contribution in [0.3, 0.4) is 0 Å². The number of carbonyl (C=O) groups excluding carboxylic acids is 1. The number of anilines is 1. The van der Waals surface area contributed by atoms with E-state index >= 15 is 0 Å². The molecular weight excluding hydrogens is 450 g/mol. The number of amides is 1. The maximum atomic E-state index is 13.5. The number of carbonyl (C=O) groups is 1. The molecule has 2 aromatic heterocycles. The lowest BCUT2D eigenvalue weighted by molar-refractivity contribution is 0.0940. The van der Waals surface area contributed by atoms with Gasteiger partial charge in [-0.3, -0.25) is 9.36 Å². The van der Waals surface area contributed by atoms with Crippen LogP contribution in [0.2, 0.25) is 0 Å². The van der Waals surface area contributed by atoms with Crippen LogP contribution in [-0.2, 0) is 0 Å². The van der Waals surface area contributed by atoms with Crippen molar-refractivity contribution < 1.29 is 9.53 Å². The van der Waals surface area contributed by atoms with Crippen molar-refractivity contribution >= 4 is 33.9 Å². The zero-order valence-corrected chi connectivity index (χ0v) is 21.8. The molecule has 0 aliphatic carbocycles. The first-order valence-corrected chi connectivity index (χ1v) is 13.0. The Hall–Kier alpha value is -3.61. The minimum atomic E-state index is -0.225. The molecule has 0 fully saturated rings. The van der Waals surface area contributed by atoms with Crippen LogP contribution in [0.5, 0.6) is 5.75 Å². The van der Waals surface area contributed by atoms with Crippen LogP contribution in [-0.4, -0.2) is 33.1 Å². The number of nitrogens with one attached hydrogen (secondary N) is 1. The summed E-state index contributed by atoms with van der Waals surface area (Å²) in [7, 11) is 0. The van der Waals surface area contributed by atoms with Gasteiger partial charge < -0.3 is 15.8 Å². The molecule has 0 saturated carbocycles. The SMILES string of the molecule is CCCCOc1ccc(-n2c(N)c(C(=O)N[C@@H](C)CCCC(C)C)c3nc4ccccc4nc32)cc1. The second kappa shape index (κ2) is 11.4. The molecule has 2 heterocycles. The van der Waals surface area contributed by atoms with E-state index in [0.29, 0.717) is 35.1 Å². The van der Waals surface area contributed by atoms with Gasteiger partial charge in [0.15, 0.2) is 5.65 Å². The fourth-order valence-corrected chi connectivity index (χ4v) is 4.37. The molecule has 190 valence electrons. The van der Waals surface area contributed by atoms with Gasteiger partial charge in [-0.1, -0.05) is 52.2 Å². The standard InChI is InChI=1S/C29H37N5O2/c1-5-6-18-36-22-16-14-21(15-17-22)34-27(30)25(29(35)31-20(4)11-9-10-19(2)3)26-28(34)33-24-13-8-7-12-23(24)32-26/h7-8,12-17,19-20H,5-6,9-11,18,30H2,1-4H3,(H,31,35)/t20-/m0/s1. The number of ether oxygens (including phenoxy) is 1. The van der Waals surface area contributed by atoms with E-state index in [9.17, 15) is 4.79 Å². The Morgan fingerprint density at radius 3 is 2.36 bits per heavy atom. The van der Waals surface area contributed by atoms with Crippen molar-refractivity contribution in [2.75, 3.05) is 12.3 Å². The fraction of sp³-hybridized carbons (Fsp3) is 0.414. The highest BCUT2D eigenvalue weighted by Crippen LogP contribution is 2.31. The highest BCUT2D eigenvalue weighted by Gasteiger charge is 2.25. The van der Waals surface area contributed by atoms with Gasteiger partial charge in [-0.25, -0.2) is 9.97 Å². The molecule has 0 radical (unpaired) electrons. The van der Waals surface area contributed by atoms with Crippen molar-refractivity contribution in [2.24, 2.45) is 5.92 Å². The summed E-state index contributed by atoms with van der Waals surface area (Å²) in [6, 6.07) is 15.4. The Bertz CT molecular complexity index is 1330. The molecule has 3 N–H and O–H groups in total. The number of nitrogen functional groups attached to an aromatic ring is 1. The molecule has 1 amide bonds. The first-order valence-electron chi connectivity index (χ1n) is 13.0. The highest BCUT2D eigenvalue weighted by molar-refractivity contribution is 6.11. The highest BCUT2D eigenvalue weighted by atomic mass is 16.5. The van der Waals surface area contributed by atoms with E-state index < -0.39 is 0 Å². The molecule has 7 nitrogen and oxygen atoms in total. The van der Waals surface area contributed by atoms with Crippen molar-refractivity contribution in [2.45, 2.75) is 65.8 Å². The number of para-hydroxylation sites is 2. The zero-order valence-electron chi connectivity index (χ0n) is 21.8. The molecule has 4 rings (SSSR count). The smallest absolute Gasteiger partial charge is 0.257 e. The van der Waals surface area contributed by atoms with E-state index in [1.807, 2.05) is 60.0 Å². The summed E-state index contributed by atoms with van der Waals surface area (Å²) < 4.78 is 7.62. The van der Waals surface area contributed by atoms with Crippen molar-refractivity contribution in [3.63, 3.8) is 0 Å². The van der Waals surface area contributed by atoms with Crippen molar-refractivity contribution in [3.05, 3.63) is 54.1 Å². The number of nitrogens with two attached hydrogens (primary N) is 1. The maximum Gasteiger partial charge on any atom is 0.257 e. The van der Waals surface area contributed by atoms with Gasteiger partial charge in [0.05, 0.1) is 17.6 Å². The predicted octanol–water partition coefficient (Wildman–Crippen LogP) is 6.28. The number of hydrogen-bond donors (Lipinski definition) is 2. The Labute approximate surface area is 213 Å². The Morgan fingerprint density at radius 2 is 1.69 bits per heavy atom. The van der Waals surface area contributed by atoms with Crippen LogP contribution >= 0.6 is 0 Å². The van der Waals surface area contributed by atoms with Crippen LogP contribution in [0.15, 0.2) is 48.5 Å². The van der Waals surface area contributed by atoms with Gasteiger partial charge in [-0.05, 0) is 62.1 Å². The molecule has 0 aliphatic rings. The summed E-state index contributed by atoms with van der Waals surface area (Å²) in [5, 5.41) is 3.13. The van der Waals surface area contributed by atoms with Gasteiger partial charge in [-0.15, -0.1) is 0 Å². The monoisotopic (exact) mass is 487 g/mol. The van der Waals surface area contributed by atoms with E-state index in [4.69, 9.17) is 20.4 Å². The van der Waals surface area contributed by atoms with Crippen molar-refractivity contribution in [1.82, 2.24) is 19.9 Å². The second-order valence-electron chi connectivity index (χ2n) is 9.88. The number of unbranched alkanes of at least 4 members (excludes halogenated alkanes) is 1. The summed E-state index contributed by atoms with van der Waals surface area (Å²) in [6.07, 6.45) is 5.20. The maximum absolute atomic E-state index is 13.5. The molecule has 1 atom stereocenters. The minimum Gasteiger partial charge on any atom is -0.494 e. The van der Waals surface area contributed by atoms with E-state index in [0.717, 1.165) is 54.6 Å². The molecular formula is C29H37N5O2. The van der Waals surface area contributed by atoms with Gasteiger partial charge >= 0.3 is 0 Å². The Kier molecular flexibility index (Phi) is 8.08. The number of rotatable bonds is 11. The molecule has 7 heteroatoms. The van der Waals surface area contributed by atoms with E-state index in [1.165, 1.54) is 0 Å². The second-order valence-corrected chi connectivity index (χ2v) is 9.88. The third-order valence-electron chi connectivity index (χ3n) is 6.38. The van der Waals surface area contributed by atoms with Crippen LogP contribution in [0, 0.1) is 5.92 Å². The van der Waals surface area contributed by atoms with Gasteiger partial charge in [0.2, 0.25) is 0 Å². The molecule has 36 heavy (non-hydrogen) atoms. The van der Waals surface area contributed by atoms with Crippen LogP contribution < -0.4 is 15.8 Å². The zero-order chi connectivity index (χ0) is 25.7. The van der Waals surface area contributed by atoms with Crippen molar-refractivity contribution in [3.8, 4) is 11.4 Å². The number of nitrogens with zero attached hydrogens (tertiary/aromatic N) is 3. The Morgan fingerprint density at radius 1 is 1.00 bits per heavy atom. The third-order valence-corrected chi connectivity index (χ3v) is 6.38. The van der Waals surface area contributed by atoms with Gasteiger partial charge in [0, 0.05) is 11.7 Å². The van der Waals surface area contributed by atoms with E-state index in [-0.39, 0.29) is 11.9 Å². The van der Waals surface area contributed by atoms with Crippen molar-refractivity contribution in [1.29, 1.82) is 0 Å². The van der Waals surface area contributed by atoms with Crippen LogP contribution in [0.1, 0.15) is 70.2 Å². The third kappa shape index (κ3) is 5.61. The normalized spacial score (nSPS) is 12.4. The lowest BCUT2D eigenvalue weighted by atomic mass is 10.0. The lowest BCUT2D eigenvalue weighted by Crippen LogP contribution is -2.33. The quantitative estimate of drug-likeness (QED) is 0.243. The predicted molar refractivity (Wildman–Crippen MR) is 147 cm³/mol. The molecule has 0 saturated heterocycles. The lowest BCUT2D eigenvalue weighted by Gasteiger charge is -2.15. The number of fused-ring (bicyclic) bond motifs is 2. The molecule has 0 aliphatic heterocycles. The number of aromatic nitrogens is 3. The number of benzene rings is 2. The molecule has 0 spiro atoms. The average molecular weight is 488 g/mol. The van der Waals surface area contributed by atoms with Crippen LogP contribution in [0.25, 0.3) is 27.9 Å². The first kappa shape index (κ1) is 25.5. The summed E-state index contributed by atoms with van der Waals surface area (Å²) in [5.74, 6) is 1.55. The minimum absolute atomic E-state index is 0.0296. The van der Waals surface area contributed by atoms with Crippen LogP contribution in [0.4, 0.5) is 5.82 Å². The van der Waals surface area contributed by atoms with E-state index in [1.54, 1.807) is 0 Å². The average Bonchev–Trinajstić information content (AvgIpc) is 3.13. The summed E-state index contributed by atoms with van der Waals surface area (Å²) in [4.78, 5) is 23.2. The topological polar surface area (TPSA) is 95.1 Å². The number of hydrogen-bond acceptors (Lipinski definition) is 5. The summed E-state index contributed by atoms with van der Waals surface area (Å²) in [5.41, 5.74) is 10.3. The summed E-state index contributed by atoms with van der Waals surface area (Å²) in [6.45, 7) is 9.28. The van der Waals surface area contributed by atoms with Gasteiger partial charge in [0.1, 0.15) is 22.6 Å². The molecule has 0 unspecified atom stereocenters. The summed E-state index contributed by atoms with van der Waals surface area (Å²) >= 11 is 0. The molecule has 2 aromatic carbocycles. The Balaban J connectivity index is 1.72. The first-order chi connectivity index (χ1) is 17.4. The van der Waals surface area contributed by atoms with E-state index in [2.05, 4.69) is 26.1 Å². The fourth-order valence-electron chi connectivity index (χ4n) is 4.37. The van der Waals surface area contributed by atoms with Gasteiger partial charge in [0.25, 0.3) is 5.91 Å². The largest absolute Gasteiger partial charge is 0.494 e. The molecule has 0 bridgehead atoms.